The van der Waals surface area contributed by atoms with Gasteiger partial charge in [0.05, 0.1) is 10.7 Å². The summed E-state index contributed by atoms with van der Waals surface area (Å²) in [5.74, 6) is 1.38. The zero-order valence-electron chi connectivity index (χ0n) is 13.5. The average Bonchev–Trinajstić information content (AvgIpc) is 3.08. The van der Waals surface area contributed by atoms with Crippen molar-refractivity contribution >= 4 is 23.2 Å². The lowest BCUT2D eigenvalue weighted by Gasteiger charge is -2.12. The largest absolute Gasteiger partial charge is 0.454 e. The molecule has 0 aliphatic rings. The molecule has 0 saturated carbocycles. The molecule has 3 rings (SSSR count). The van der Waals surface area contributed by atoms with Gasteiger partial charge in [0, 0.05) is 7.11 Å². The molecule has 1 amide bonds. The molecule has 0 aliphatic carbocycles. The molecule has 1 aromatic heterocycles. The van der Waals surface area contributed by atoms with Crippen LogP contribution in [0, 0.1) is 0 Å². The van der Waals surface area contributed by atoms with E-state index in [-0.39, 0.29) is 11.7 Å². The van der Waals surface area contributed by atoms with Gasteiger partial charge in [-0.15, -0.1) is 0 Å². The van der Waals surface area contributed by atoms with Crippen LogP contribution in [0.1, 0.15) is 16.3 Å². The first-order valence-electron chi connectivity index (χ1n) is 7.58. The Kier molecular flexibility index (Phi) is 5.38. The predicted octanol–water partition coefficient (Wildman–Crippen LogP) is 5.12. The molecular formula is C19H16ClNO4. The summed E-state index contributed by atoms with van der Waals surface area (Å²) in [4.78, 5) is 12.4. The van der Waals surface area contributed by atoms with Crippen LogP contribution in [0.4, 0.5) is 5.69 Å². The number of nitrogens with one attached hydrogen (secondary N) is 1. The van der Waals surface area contributed by atoms with Crippen molar-refractivity contribution in [3.63, 3.8) is 0 Å². The van der Waals surface area contributed by atoms with Crippen LogP contribution in [0.15, 0.2) is 65.1 Å². The monoisotopic (exact) mass is 357 g/mol. The number of anilines is 1. The number of carbonyl (C=O) groups excluding carboxylic acids is 1. The minimum absolute atomic E-state index is 0.194. The summed E-state index contributed by atoms with van der Waals surface area (Å²) in [5.41, 5.74) is 0.511. The molecule has 5 nitrogen and oxygen atoms in total. The van der Waals surface area contributed by atoms with Crippen molar-refractivity contribution in [2.75, 3.05) is 12.4 Å². The fourth-order valence-corrected chi connectivity index (χ4v) is 2.38. The maximum Gasteiger partial charge on any atom is 0.291 e. The third-order valence-electron chi connectivity index (χ3n) is 3.36. The van der Waals surface area contributed by atoms with E-state index in [0.717, 1.165) is 0 Å². The van der Waals surface area contributed by atoms with E-state index in [1.807, 2.05) is 18.2 Å². The Morgan fingerprint density at radius 1 is 1.04 bits per heavy atom. The third kappa shape index (κ3) is 4.21. The fraction of sp³-hybridized carbons (Fsp3) is 0.105. The van der Waals surface area contributed by atoms with Gasteiger partial charge in [0.15, 0.2) is 11.5 Å². The van der Waals surface area contributed by atoms with Gasteiger partial charge in [0.1, 0.15) is 18.1 Å². The number of para-hydroxylation sites is 3. The van der Waals surface area contributed by atoms with E-state index in [1.165, 1.54) is 0 Å². The van der Waals surface area contributed by atoms with Crippen LogP contribution in [-0.4, -0.2) is 13.0 Å². The van der Waals surface area contributed by atoms with Crippen molar-refractivity contribution in [1.29, 1.82) is 0 Å². The highest BCUT2D eigenvalue weighted by molar-refractivity contribution is 6.32. The number of carbonyl (C=O) groups is 1. The molecule has 0 fully saturated rings. The predicted molar refractivity (Wildman–Crippen MR) is 95.3 cm³/mol. The summed E-state index contributed by atoms with van der Waals surface area (Å²) in [7, 11) is 1.56. The standard InChI is InChI=1S/C19H16ClNO4/c1-23-12-13-10-11-18(24-13)19(22)21-15-7-3-5-9-17(15)25-16-8-4-2-6-14(16)20/h2-11H,12H2,1H3,(H,21,22). The number of benzene rings is 2. The van der Waals surface area contributed by atoms with E-state index in [2.05, 4.69) is 5.32 Å². The van der Waals surface area contributed by atoms with Gasteiger partial charge in [0.25, 0.3) is 5.91 Å². The second kappa shape index (κ2) is 7.88. The topological polar surface area (TPSA) is 60.7 Å². The third-order valence-corrected chi connectivity index (χ3v) is 3.68. The first-order valence-corrected chi connectivity index (χ1v) is 7.95. The van der Waals surface area contributed by atoms with Crippen molar-refractivity contribution in [2.24, 2.45) is 0 Å². The number of rotatable bonds is 6. The quantitative estimate of drug-likeness (QED) is 0.664. The number of halogens is 1. The first-order chi connectivity index (χ1) is 12.2. The summed E-state index contributed by atoms with van der Waals surface area (Å²) < 4.78 is 16.2. The number of ether oxygens (including phenoxy) is 2. The molecule has 0 saturated heterocycles. The first kappa shape index (κ1) is 17.1. The van der Waals surface area contributed by atoms with Crippen LogP contribution >= 0.6 is 11.6 Å². The van der Waals surface area contributed by atoms with E-state index in [0.29, 0.717) is 34.6 Å². The Bertz CT molecular complexity index is 875. The van der Waals surface area contributed by atoms with Crippen LogP contribution < -0.4 is 10.1 Å². The van der Waals surface area contributed by atoms with E-state index >= 15 is 0 Å². The van der Waals surface area contributed by atoms with Crippen LogP contribution in [-0.2, 0) is 11.3 Å². The molecule has 25 heavy (non-hydrogen) atoms. The summed E-state index contributed by atoms with van der Waals surface area (Å²) in [6, 6.07) is 17.5. The fourth-order valence-electron chi connectivity index (χ4n) is 2.21. The Balaban J connectivity index is 1.78. The lowest BCUT2D eigenvalue weighted by Crippen LogP contribution is -2.11. The molecule has 0 unspecified atom stereocenters. The van der Waals surface area contributed by atoms with Crippen LogP contribution in [0.2, 0.25) is 5.02 Å². The number of hydrogen-bond acceptors (Lipinski definition) is 4. The number of hydrogen-bond donors (Lipinski definition) is 1. The maximum atomic E-state index is 12.4. The second-order valence-electron chi connectivity index (χ2n) is 5.18. The summed E-state index contributed by atoms with van der Waals surface area (Å²) in [6.45, 7) is 0.305. The van der Waals surface area contributed by atoms with Gasteiger partial charge >= 0.3 is 0 Å². The van der Waals surface area contributed by atoms with Gasteiger partial charge in [-0.3, -0.25) is 4.79 Å². The van der Waals surface area contributed by atoms with Crippen molar-refractivity contribution in [3.8, 4) is 11.5 Å². The number of methoxy groups -OCH3 is 1. The molecule has 0 bridgehead atoms. The van der Waals surface area contributed by atoms with Gasteiger partial charge in [-0.25, -0.2) is 0 Å². The number of furan rings is 1. The normalized spacial score (nSPS) is 10.5. The molecule has 0 spiro atoms. The minimum Gasteiger partial charge on any atom is -0.454 e. The maximum absolute atomic E-state index is 12.4. The molecule has 3 aromatic rings. The van der Waals surface area contributed by atoms with Gasteiger partial charge in [0.2, 0.25) is 0 Å². The Morgan fingerprint density at radius 2 is 1.76 bits per heavy atom. The summed E-state index contributed by atoms with van der Waals surface area (Å²) in [5, 5.41) is 3.27. The lowest BCUT2D eigenvalue weighted by molar-refractivity contribution is 0.0987. The lowest BCUT2D eigenvalue weighted by atomic mass is 10.2. The second-order valence-corrected chi connectivity index (χ2v) is 5.59. The highest BCUT2D eigenvalue weighted by Gasteiger charge is 2.14. The summed E-state index contributed by atoms with van der Waals surface area (Å²) >= 11 is 6.12. The molecule has 1 N–H and O–H groups in total. The zero-order valence-corrected chi connectivity index (χ0v) is 14.2. The minimum atomic E-state index is -0.377. The molecule has 1 heterocycles. The van der Waals surface area contributed by atoms with Gasteiger partial charge in [-0.05, 0) is 36.4 Å². The SMILES string of the molecule is COCc1ccc(C(=O)Nc2ccccc2Oc2ccccc2Cl)o1. The van der Waals surface area contributed by atoms with Crippen molar-refractivity contribution in [2.45, 2.75) is 6.61 Å². The van der Waals surface area contributed by atoms with Gasteiger partial charge in [-0.1, -0.05) is 35.9 Å². The number of amides is 1. The van der Waals surface area contributed by atoms with Crippen molar-refractivity contribution in [3.05, 3.63) is 77.2 Å². The van der Waals surface area contributed by atoms with Crippen molar-refractivity contribution in [1.82, 2.24) is 0 Å². The smallest absolute Gasteiger partial charge is 0.291 e. The Hall–Kier alpha value is -2.76. The molecule has 0 aliphatic heterocycles. The summed E-state index contributed by atoms with van der Waals surface area (Å²) in [6.07, 6.45) is 0. The molecule has 128 valence electrons. The van der Waals surface area contributed by atoms with Crippen LogP contribution in [0.5, 0.6) is 11.5 Å². The van der Waals surface area contributed by atoms with Crippen LogP contribution in [0.3, 0.4) is 0 Å². The molecule has 0 atom stereocenters. The Labute approximate surface area is 150 Å². The van der Waals surface area contributed by atoms with Crippen molar-refractivity contribution < 1.29 is 18.7 Å². The zero-order chi connectivity index (χ0) is 17.6. The van der Waals surface area contributed by atoms with E-state index < -0.39 is 0 Å². The average molecular weight is 358 g/mol. The van der Waals surface area contributed by atoms with E-state index in [1.54, 1.807) is 49.6 Å². The molecule has 0 radical (unpaired) electrons. The molecule has 2 aromatic carbocycles. The Morgan fingerprint density at radius 3 is 2.52 bits per heavy atom. The van der Waals surface area contributed by atoms with Gasteiger partial charge < -0.3 is 19.2 Å². The highest BCUT2D eigenvalue weighted by atomic mass is 35.5. The highest BCUT2D eigenvalue weighted by Crippen LogP contribution is 2.33. The van der Waals surface area contributed by atoms with Crippen LogP contribution in [0.25, 0.3) is 0 Å². The van der Waals surface area contributed by atoms with E-state index in [9.17, 15) is 4.79 Å². The van der Waals surface area contributed by atoms with Gasteiger partial charge in [-0.2, -0.15) is 0 Å². The van der Waals surface area contributed by atoms with E-state index in [4.69, 9.17) is 25.5 Å². The molecular weight excluding hydrogens is 342 g/mol. The molecule has 6 heteroatoms.